The summed E-state index contributed by atoms with van der Waals surface area (Å²) in [7, 11) is -2.86. The maximum Gasteiger partial charge on any atom is 0.332 e. The zero-order valence-electron chi connectivity index (χ0n) is 13.7. The highest BCUT2D eigenvalue weighted by atomic mass is 32.2. The number of nitriles is 1. The molecule has 2 N–H and O–H groups in total. The standard InChI is InChI=1S/C16H19N3O5S/c1-24-15(20)12-7-3-5-9-14(12)25(22,23)19-16(21)18-13-8-4-2-6-11(13)10-17/h2,4,6,8,12,14H,3,5,7,9H2,1H3,(H2,18,19,21). The van der Waals surface area contributed by atoms with E-state index in [-0.39, 0.29) is 17.7 Å². The Morgan fingerprint density at radius 3 is 2.60 bits per heavy atom. The molecule has 0 radical (unpaired) electrons. The molecular weight excluding hydrogens is 346 g/mol. The van der Waals surface area contributed by atoms with Crippen LogP contribution in [0, 0.1) is 17.2 Å². The molecular formula is C16H19N3O5S. The Labute approximate surface area is 146 Å². The van der Waals surface area contributed by atoms with Gasteiger partial charge >= 0.3 is 12.0 Å². The summed E-state index contributed by atoms with van der Waals surface area (Å²) >= 11 is 0. The first-order valence-electron chi connectivity index (χ1n) is 7.78. The van der Waals surface area contributed by atoms with Crippen LogP contribution in [0.2, 0.25) is 0 Å². The first-order chi connectivity index (χ1) is 11.9. The third-order valence-electron chi connectivity index (χ3n) is 4.14. The number of carbonyl (C=O) groups is 2. The molecule has 25 heavy (non-hydrogen) atoms. The van der Waals surface area contributed by atoms with Gasteiger partial charge in [0.2, 0.25) is 10.0 Å². The minimum atomic E-state index is -4.07. The van der Waals surface area contributed by atoms with E-state index >= 15 is 0 Å². The van der Waals surface area contributed by atoms with Crippen molar-refractivity contribution in [2.75, 3.05) is 12.4 Å². The molecule has 1 aliphatic rings. The summed E-state index contributed by atoms with van der Waals surface area (Å²) in [5.74, 6) is -1.39. The lowest BCUT2D eigenvalue weighted by molar-refractivity contribution is -0.146. The number of nitrogens with one attached hydrogen (secondary N) is 2. The number of urea groups is 1. The minimum absolute atomic E-state index is 0.200. The Morgan fingerprint density at radius 1 is 1.24 bits per heavy atom. The molecule has 0 aliphatic heterocycles. The number of amides is 2. The monoisotopic (exact) mass is 365 g/mol. The van der Waals surface area contributed by atoms with E-state index in [4.69, 9.17) is 5.26 Å². The lowest BCUT2D eigenvalue weighted by Crippen LogP contribution is -2.47. The molecule has 1 fully saturated rings. The zero-order chi connectivity index (χ0) is 18.4. The van der Waals surface area contributed by atoms with Crippen LogP contribution in [0.5, 0.6) is 0 Å². The highest BCUT2D eigenvalue weighted by Gasteiger charge is 2.41. The van der Waals surface area contributed by atoms with Crippen molar-refractivity contribution in [2.45, 2.75) is 30.9 Å². The summed E-state index contributed by atoms with van der Waals surface area (Å²) in [6.07, 6.45) is 2.06. The van der Waals surface area contributed by atoms with E-state index in [0.29, 0.717) is 12.8 Å². The molecule has 1 saturated carbocycles. The molecule has 1 aromatic carbocycles. The van der Waals surface area contributed by atoms with Gasteiger partial charge < -0.3 is 10.1 Å². The highest BCUT2D eigenvalue weighted by Crippen LogP contribution is 2.30. The second-order valence-electron chi connectivity index (χ2n) is 5.71. The number of nitrogens with zero attached hydrogens (tertiary/aromatic N) is 1. The Bertz CT molecular complexity index is 800. The molecule has 0 aromatic heterocycles. The van der Waals surface area contributed by atoms with Crippen LogP contribution < -0.4 is 10.0 Å². The predicted molar refractivity (Wildman–Crippen MR) is 90.0 cm³/mol. The van der Waals surface area contributed by atoms with Gasteiger partial charge in [-0.3, -0.25) is 4.79 Å². The van der Waals surface area contributed by atoms with Crippen LogP contribution in [0.25, 0.3) is 0 Å². The number of benzene rings is 1. The number of carbonyl (C=O) groups excluding carboxylic acids is 2. The predicted octanol–water partition coefficient (Wildman–Crippen LogP) is 1.74. The molecule has 134 valence electrons. The van der Waals surface area contributed by atoms with Gasteiger partial charge in [0.25, 0.3) is 0 Å². The van der Waals surface area contributed by atoms with Gasteiger partial charge in [-0.05, 0) is 25.0 Å². The first kappa shape index (κ1) is 18.7. The van der Waals surface area contributed by atoms with E-state index in [1.54, 1.807) is 12.1 Å². The number of rotatable bonds is 4. The Balaban J connectivity index is 2.13. The van der Waals surface area contributed by atoms with Crippen LogP contribution in [-0.2, 0) is 19.6 Å². The van der Waals surface area contributed by atoms with Gasteiger partial charge in [-0.1, -0.05) is 25.0 Å². The molecule has 9 heteroatoms. The van der Waals surface area contributed by atoms with Crippen molar-refractivity contribution >= 4 is 27.7 Å². The van der Waals surface area contributed by atoms with Crippen LogP contribution in [0.1, 0.15) is 31.2 Å². The fourth-order valence-corrected chi connectivity index (χ4v) is 4.55. The molecule has 1 aliphatic carbocycles. The van der Waals surface area contributed by atoms with Crippen molar-refractivity contribution in [1.82, 2.24) is 4.72 Å². The van der Waals surface area contributed by atoms with E-state index < -0.39 is 33.2 Å². The Hall–Kier alpha value is -2.60. The fraction of sp³-hybridized carbons (Fsp3) is 0.438. The van der Waals surface area contributed by atoms with E-state index in [0.717, 1.165) is 6.42 Å². The molecule has 2 rings (SSSR count). The number of hydrogen-bond donors (Lipinski definition) is 2. The van der Waals surface area contributed by atoms with Crippen molar-refractivity contribution in [3.63, 3.8) is 0 Å². The number of hydrogen-bond acceptors (Lipinski definition) is 6. The molecule has 0 heterocycles. The summed E-state index contributed by atoms with van der Waals surface area (Å²) < 4.78 is 31.7. The van der Waals surface area contributed by atoms with Gasteiger partial charge in [0.05, 0.1) is 29.5 Å². The topological polar surface area (TPSA) is 125 Å². The van der Waals surface area contributed by atoms with E-state index in [2.05, 4.69) is 10.1 Å². The second-order valence-corrected chi connectivity index (χ2v) is 7.61. The number of anilines is 1. The molecule has 1 aromatic rings. The molecule has 8 nitrogen and oxygen atoms in total. The van der Waals surface area contributed by atoms with Crippen molar-refractivity contribution in [3.05, 3.63) is 29.8 Å². The lowest BCUT2D eigenvalue weighted by atomic mass is 9.89. The van der Waals surface area contributed by atoms with Crippen LogP contribution in [0.15, 0.2) is 24.3 Å². The van der Waals surface area contributed by atoms with E-state index in [1.807, 2.05) is 10.8 Å². The zero-order valence-corrected chi connectivity index (χ0v) is 14.5. The van der Waals surface area contributed by atoms with Crippen LogP contribution in [0.4, 0.5) is 10.5 Å². The third-order valence-corrected chi connectivity index (χ3v) is 5.97. The average Bonchev–Trinajstić information content (AvgIpc) is 2.61. The van der Waals surface area contributed by atoms with Gasteiger partial charge in [-0.2, -0.15) is 5.26 Å². The molecule has 2 amide bonds. The highest BCUT2D eigenvalue weighted by molar-refractivity contribution is 7.90. The molecule has 2 unspecified atom stereocenters. The summed E-state index contributed by atoms with van der Waals surface area (Å²) in [6, 6.07) is 7.15. The second kappa shape index (κ2) is 7.98. The van der Waals surface area contributed by atoms with Gasteiger partial charge in [0.1, 0.15) is 6.07 Å². The van der Waals surface area contributed by atoms with Gasteiger partial charge in [-0.25, -0.2) is 17.9 Å². The Morgan fingerprint density at radius 2 is 1.92 bits per heavy atom. The number of esters is 1. The van der Waals surface area contributed by atoms with E-state index in [9.17, 15) is 18.0 Å². The van der Waals surface area contributed by atoms with Crippen molar-refractivity contribution in [3.8, 4) is 6.07 Å². The Kier molecular flexibility index (Phi) is 5.98. The largest absolute Gasteiger partial charge is 0.469 e. The van der Waals surface area contributed by atoms with E-state index in [1.165, 1.54) is 19.2 Å². The normalized spacial score (nSPS) is 20.2. The number of sulfonamides is 1. The van der Waals surface area contributed by atoms with Gasteiger partial charge in [-0.15, -0.1) is 0 Å². The summed E-state index contributed by atoms with van der Waals surface area (Å²) in [5.41, 5.74) is 0.408. The third kappa shape index (κ3) is 4.48. The maximum atomic E-state index is 12.5. The summed E-state index contributed by atoms with van der Waals surface area (Å²) in [5, 5.41) is 10.3. The summed E-state index contributed by atoms with van der Waals surface area (Å²) in [6.45, 7) is 0. The summed E-state index contributed by atoms with van der Waals surface area (Å²) in [4.78, 5) is 23.9. The van der Waals surface area contributed by atoms with Crippen molar-refractivity contribution < 1.29 is 22.7 Å². The van der Waals surface area contributed by atoms with Gasteiger partial charge in [0.15, 0.2) is 0 Å². The lowest BCUT2D eigenvalue weighted by Gasteiger charge is -2.29. The van der Waals surface area contributed by atoms with Crippen molar-refractivity contribution in [1.29, 1.82) is 5.26 Å². The molecule has 0 bridgehead atoms. The SMILES string of the molecule is COC(=O)C1CCCCC1S(=O)(=O)NC(=O)Nc1ccccc1C#N. The molecule has 2 atom stereocenters. The van der Waals surface area contributed by atoms with Crippen LogP contribution in [-0.4, -0.2) is 32.8 Å². The first-order valence-corrected chi connectivity index (χ1v) is 9.33. The average molecular weight is 365 g/mol. The molecule has 0 saturated heterocycles. The van der Waals surface area contributed by atoms with Crippen LogP contribution in [0.3, 0.4) is 0 Å². The molecule has 0 spiro atoms. The quantitative estimate of drug-likeness (QED) is 0.783. The van der Waals surface area contributed by atoms with Crippen molar-refractivity contribution in [2.24, 2.45) is 5.92 Å². The fourth-order valence-electron chi connectivity index (χ4n) is 2.93. The van der Waals surface area contributed by atoms with Gasteiger partial charge in [0, 0.05) is 0 Å². The van der Waals surface area contributed by atoms with Crippen LogP contribution >= 0.6 is 0 Å². The number of para-hydroxylation sites is 1. The minimum Gasteiger partial charge on any atom is -0.469 e. The number of methoxy groups -OCH3 is 1. The maximum absolute atomic E-state index is 12.5. The smallest absolute Gasteiger partial charge is 0.332 e. The number of ether oxygens (including phenoxy) is 1.